The largest absolute Gasteiger partial charge is 0.392 e. The highest BCUT2D eigenvalue weighted by atomic mass is 16.3. The van der Waals surface area contributed by atoms with E-state index in [2.05, 4.69) is 61.5 Å². The molecule has 5 rings (SSSR count). The van der Waals surface area contributed by atoms with Crippen LogP contribution in [0.2, 0.25) is 0 Å². The van der Waals surface area contributed by atoms with E-state index in [1.165, 1.54) is 51.4 Å². The van der Waals surface area contributed by atoms with Gasteiger partial charge in [-0.05, 0) is 109 Å². The van der Waals surface area contributed by atoms with E-state index < -0.39 is 0 Å². The molecule has 5 aliphatic rings. The van der Waals surface area contributed by atoms with Crippen molar-refractivity contribution in [2.45, 2.75) is 119 Å². The van der Waals surface area contributed by atoms with Crippen molar-refractivity contribution in [2.24, 2.45) is 56.7 Å². The van der Waals surface area contributed by atoms with Gasteiger partial charge >= 0.3 is 0 Å². The van der Waals surface area contributed by atoms with Crippen molar-refractivity contribution in [3.63, 3.8) is 0 Å². The van der Waals surface area contributed by atoms with Crippen LogP contribution in [0.1, 0.15) is 113 Å². The molecule has 9 atom stereocenters. The maximum Gasteiger partial charge on any atom is 0.0628 e. The third-order valence-corrected chi connectivity index (χ3v) is 13.1. The van der Waals surface area contributed by atoms with E-state index in [4.69, 9.17) is 0 Å². The maximum atomic E-state index is 10.8. The Morgan fingerprint density at radius 2 is 1.52 bits per heavy atom. The van der Waals surface area contributed by atoms with Gasteiger partial charge in [0.05, 0.1) is 6.10 Å². The van der Waals surface area contributed by atoms with Gasteiger partial charge in [-0.25, -0.2) is 0 Å². The molecule has 0 aromatic rings. The Morgan fingerprint density at radius 1 is 0.839 bits per heavy atom. The summed E-state index contributed by atoms with van der Waals surface area (Å²) in [6.07, 6.45) is 14.5. The molecule has 1 heteroatoms. The molecule has 0 aliphatic heterocycles. The molecule has 0 spiro atoms. The van der Waals surface area contributed by atoms with Crippen LogP contribution >= 0.6 is 0 Å². The summed E-state index contributed by atoms with van der Waals surface area (Å²) < 4.78 is 0. The first-order chi connectivity index (χ1) is 14.3. The van der Waals surface area contributed by atoms with Crippen LogP contribution in [0, 0.1) is 56.7 Å². The predicted octanol–water partition coefficient (Wildman–Crippen LogP) is 8.02. The zero-order valence-electron chi connectivity index (χ0n) is 21.9. The van der Waals surface area contributed by atoms with Crippen LogP contribution < -0.4 is 0 Å². The molecule has 1 N–H and O–H groups in total. The van der Waals surface area contributed by atoms with Crippen molar-refractivity contribution in [1.82, 2.24) is 0 Å². The van der Waals surface area contributed by atoms with Crippen molar-refractivity contribution in [3.05, 3.63) is 11.6 Å². The Hall–Kier alpha value is -0.300. The number of hydrogen-bond acceptors (Lipinski definition) is 1. The van der Waals surface area contributed by atoms with Crippen molar-refractivity contribution in [3.8, 4) is 0 Å². The second-order valence-electron chi connectivity index (χ2n) is 14.7. The minimum atomic E-state index is -0.166. The fourth-order valence-electron chi connectivity index (χ4n) is 11.0. The lowest BCUT2D eigenvalue weighted by Gasteiger charge is -2.72. The Morgan fingerprint density at radius 3 is 2.19 bits per heavy atom. The molecule has 0 aromatic heterocycles. The van der Waals surface area contributed by atoms with E-state index >= 15 is 0 Å². The van der Waals surface area contributed by atoms with Gasteiger partial charge in [-0.2, -0.15) is 0 Å². The fraction of sp³-hybridized carbons (Fsp3) is 0.933. The summed E-state index contributed by atoms with van der Waals surface area (Å²) in [7, 11) is 0. The van der Waals surface area contributed by atoms with Gasteiger partial charge < -0.3 is 5.11 Å². The molecule has 5 aliphatic carbocycles. The van der Waals surface area contributed by atoms with E-state index in [0.717, 1.165) is 30.1 Å². The summed E-state index contributed by atoms with van der Waals surface area (Å²) in [4.78, 5) is 0. The highest BCUT2D eigenvalue weighted by Crippen LogP contribution is 2.77. The van der Waals surface area contributed by atoms with E-state index in [1.54, 1.807) is 5.57 Å². The average molecular weight is 427 g/mol. The maximum absolute atomic E-state index is 10.8. The number of rotatable bonds is 1. The lowest BCUT2D eigenvalue weighted by atomic mass is 9.33. The van der Waals surface area contributed by atoms with Crippen molar-refractivity contribution >= 4 is 0 Å². The van der Waals surface area contributed by atoms with Crippen LogP contribution in [0.4, 0.5) is 0 Å². The zero-order chi connectivity index (χ0) is 22.6. The number of aliphatic hydroxyl groups is 1. The molecular weight excluding hydrogens is 376 g/mol. The Labute approximate surface area is 192 Å². The lowest BCUT2D eigenvalue weighted by molar-refractivity contribution is -0.217. The topological polar surface area (TPSA) is 20.2 Å². The summed E-state index contributed by atoms with van der Waals surface area (Å²) >= 11 is 0. The molecular formula is C30H50O. The highest BCUT2D eigenvalue weighted by Gasteiger charge is 2.70. The molecule has 0 amide bonds. The third kappa shape index (κ3) is 2.65. The molecule has 0 saturated heterocycles. The second kappa shape index (κ2) is 6.64. The molecule has 0 heterocycles. The minimum absolute atomic E-state index is 0.0438. The summed E-state index contributed by atoms with van der Waals surface area (Å²) in [5.41, 5.74) is 3.48. The standard InChI is InChI=1S/C30H50O/c1-19(2)20-13-14-27(5)15-17-29(7)23-11-9-21-22(10-12-24(31)26(21,3)4)28(23,6)16-18-30(29,8)25(20)27/h9,19-20,22-25,31H,10-18H2,1-8H3/t20?,22?,23-,24+,25?,27+,28+,29+,30-/m1/s1. The molecule has 3 unspecified atom stereocenters. The normalized spacial score (nSPS) is 55.7. The number of aliphatic hydroxyl groups excluding tert-OH is 1. The van der Waals surface area contributed by atoms with Crippen LogP contribution in [0.3, 0.4) is 0 Å². The summed E-state index contributed by atoms with van der Waals surface area (Å²) in [5, 5.41) is 10.8. The molecule has 1 nitrogen and oxygen atoms in total. The lowest BCUT2D eigenvalue weighted by Crippen LogP contribution is -2.65. The van der Waals surface area contributed by atoms with Gasteiger partial charge in [-0.15, -0.1) is 0 Å². The SMILES string of the molecule is CC(C)C1CC[C@@]2(C)CC[C@@]3(C)[C@@H]4CC=C5C(CC[C@H](O)C5(C)C)[C@]4(C)CC[C@]3(C)C12. The monoisotopic (exact) mass is 426 g/mol. The fourth-order valence-corrected chi connectivity index (χ4v) is 11.0. The molecule has 176 valence electrons. The molecule has 4 saturated carbocycles. The molecule has 0 radical (unpaired) electrons. The molecule has 0 aromatic carbocycles. The van der Waals surface area contributed by atoms with E-state index in [9.17, 15) is 5.11 Å². The van der Waals surface area contributed by atoms with Gasteiger partial charge in [0, 0.05) is 5.41 Å². The first-order valence-electron chi connectivity index (χ1n) is 13.7. The highest BCUT2D eigenvalue weighted by molar-refractivity contribution is 5.30. The van der Waals surface area contributed by atoms with Crippen LogP contribution in [0.15, 0.2) is 11.6 Å². The first kappa shape index (κ1) is 22.5. The van der Waals surface area contributed by atoms with E-state index in [-0.39, 0.29) is 11.5 Å². The van der Waals surface area contributed by atoms with Crippen molar-refractivity contribution in [2.75, 3.05) is 0 Å². The smallest absolute Gasteiger partial charge is 0.0628 e. The van der Waals surface area contributed by atoms with Gasteiger partial charge in [-0.1, -0.05) is 67.0 Å². The van der Waals surface area contributed by atoms with Crippen LogP contribution in [0.5, 0.6) is 0 Å². The Kier molecular flexibility index (Phi) is 4.82. The Balaban J connectivity index is 1.58. The van der Waals surface area contributed by atoms with Gasteiger partial charge in [-0.3, -0.25) is 0 Å². The van der Waals surface area contributed by atoms with Crippen molar-refractivity contribution in [1.29, 1.82) is 0 Å². The summed E-state index contributed by atoms with van der Waals surface area (Å²) in [6.45, 7) is 20.5. The van der Waals surface area contributed by atoms with Gasteiger partial charge in [0.25, 0.3) is 0 Å². The van der Waals surface area contributed by atoms with Crippen LogP contribution in [0.25, 0.3) is 0 Å². The van der Waals surface area contributed by atoms with Crippen LogP contribution in [-0.2, 0) is 0 Å². The van der Waals surface area contributed by atoms with Gasteiger partial charge in [0.2, 0.25) is 0 Å². The van der Waals surface area contributed by atoms with Crippen molar-refractivity contribution < 1.29 is 5.11 Å². The first-order valence-corrected chi connectivity index (χ1v) is 13.7. The van der Waals surface area contributed by atoms with E-state index in [1.807, 2.05) is 0 Å². The third-order valence-electron chi connectivity index (χ3n) is 13.1. The second-order valence-corrected chi connectivity index (χ2v) is 14.7. The van der Waals surface area contributed by atoms with Gasteiger partial charge in [0.15, 0.2) is 0 Å². The van der Waals surface area contributed by atoms with Gasteiger partial charge in [0.1, 0.15) is 0 Å². The molecule has 4 fully saturated rings. The van der Waals surface area contributed by atoms with Crippen LogP contribution in [-0.4, -0.2) is 11.2 Å². The number of allylic oxidation sites excluding steroid dienone is 1. The molecule has 0 bridgehead atoms. The predicted molar refractivity (Wildman–Crippen MR) is 131 cm³/mol. The van der Waals surface area contributed by atoms with E-state index in [0.29, 0.717) is 27.6 Å². The summed E-state index contributed by atoms with van der Waals surface area (Å²) in [5.74, 6) is 4.12. The number of fused-ring (bicyclic) bond motifs is 7. The molecule has 31 heavy (non-hydrogen) atoms. The average Bonchev–Trinajstić information content (AvgIpc) is 3.06. The minimum Gasteiger partial charge on any atom is -0.392 e. The zero-order valence-corrected chi connectivity index (χ0v) is 21.9. The number of hydrogen-bond donors (Lipinski definition) is 1. The summed E-state index contributed by atoms with van der Waals surface area (Å²) in [6, 6.07) is 0. The Bertz CT molecular complexity index is 777. The quantitative estimate of drug-likeness (QED) is 0.421.